The molecule has 0 saturated heterocycles. The number of aromatic nitrogens is 1. The van der Waals surface area contributed by atoms with Gasteiger partial charge in [0.15, 0.2) is 0 Å². The molecule has 4 rings (SSSR count). The Kier molecular flexibility index (Phi) is 4.82. The van der Waals surface area contributed by atoms with Crippen LogP contribution in [0.1, 0.15) is 34.1 Å². The second-order valence-corrected chi connectivity index (χ2v) is 8.88. The van der Waals surface area contributed by atoms with Crippen LogP contribution in [-0.2, 0) is 6.54 Å². The van der Waals surface area contributed by atoms with E-state index in [0.717, 1.165) is 30.6 Å². The number of hydrogen-bond acceptors (Lipinski definition) is 5. The second-order valence-electron chi connectivity index (χ2n) is 6.41. The molecule has 0 unspecified atom stereocenters. The summed E-state index contributed by atoms with van der Waals surface area (Å²) in [6.07, 6.45) is 6.37. The van der Waals surface area contributed by atoms with Gasteiger partial charge in [0.1, 0.15) is 5.15 Å². The summed E-state index contributed by atoms with van der Waals surface area (Å²) in [6, 6.07) is 6.31. The van der Waals surface area contributed by atoms with Crippen molar-refractivity contribution < 1.29 is 0 Å². The van der Waals surface area contributed by atoms with Gasteiger partial charge in [-0.1, -0.05) is 29.8 Å². The average Bonchev–Trinajstić information content (AvgIpc) is 3.22. The Morgan fingerprint density at radius 1 is 1.36 bits per heavy atom. The Morgan fingerprint density at radius 3 is 2.96 bits per heavy atom. The molecule has 2 atom stereocenters. The highest BCUT2D eigenvalue weighted by Crippen LogP contribution is 2.42. The van der Waals surface area contributed by atoms with E-state index < -0.39 is 0 Å². The first-order valence-electron chi connectivity index (χ1n) is 8.40. The van der Waals surface area contributed by atoms with E-state index in [1.807, 2.05) is 17.4 Å². The number of anilines is 1. The molecule has 3 aromatic heterocycles. The number of fused-ring (bicyclic) bond motifs is 1. The van der Waals surface area contributed by atoms with Crippen LogP contribution >= 0.6 is 34.3 Å². The van der Waals surface area contributed by atoms with E-state index in [2.05, 4.69) is 46.9 Å². The number of nitrogens with zero attached hydrogens (tertiary/aromatic N) is 1. The molecule has 6 heteroatoms. The summed E-state index contributed by atoms with van der Waals surface area (Å²) in [5.74, 6) is 0.369. The van der Waals surface area contributed by atoms with Crippen LogP contribution < -0.4 is 11.1 Å². The summed E-state index contributed by atoms with van der Waals surface area (Å²) >= 11 is 9.86. The Labute approximate surface area is 160 Å². The predicted molar refractivity (Wildman–Crippen MR) is 110 cm³/mol. The lowest BCUT2D eigenvalue weighted by molar-refractivity contribution is 0.526. The van der Waals surface area contributed by atoms with Gasteiger partial charge >= 0.3 is 0 Å². The predicted octanol–water partition coefficient (Wildman–Crippen LogP) is 5.69. The smallest absolute Gasteiger partial charge is 0.131 e. The van der Waals surface area contributed by atoms with Crippen molar-refractivity contribution >= 4 is 50.2 Å². The van der Waals surface area contributed by atoms with E-state index in [1.54, 1.807) is 11.3 Å². The molecular formula is C19H20ClN3S2. The van der Waals surface area contributed by atoms with Crippen molar-refractivity contribution in [3.8, 4) is 0 Å². The average molecular weight is 390 g/mol. The van der Waals surface area contributed by atoms with Gasteiger partial charge in [-0.05, 0) is 36.8 Å². The highest BCUT2D eigenvalue weighted by atomic mass is 35.5. The van der Waals surface area contributed by atoms with Crippen molar-refractivity contribution in [3.63, 3.8) is 0 Å². The Bertz CT molecular complexity index is 915. The van der Waals surface area contributed by atoms with Gasteiger partial charge in [-0.25, -0.2) is 4.98 Å². The summed E-state index contributed by atoms with van der Waals surface area (Å²) in [4.78, 5) is 7.25. The van der Waals surface area contributed by atoms with E-state index in [0.29, 0.717) is 11.1 Å². The first kappa shape index (κ1) is 17.0. The van der Waals surface area contributed by atoms with Crippen molar-refractivity contribution in [2.45, 2.75) is 38.3 Å². The number of rotatable bonds is 4. The second kappa shape index (κ2) is 7.08. The molecule has 0 spiro atoms. The first-order valence-corrected chi connectivity index (χ1v) is 10.5. The topological polar surface area (TPSA) is 50.9 Å². The quantitative estimate of drug-likeness (QED) is 0.445. The fourth-order valence-electron chi connectivity index (χ4n) is 3.38. The largest absolute Gasteiger partial charge is 0.379 e. The summed E-state index contributed by atoms with van der Waals surface area (Å²) < 4.78 is 1.18. The highest BCUT2D eigenvalue weighted by Gasteiger charge is 2.26. The number of hydrogen-bond donors (Lipinski definition) is 2. The molecule has 1 aliphatic carbocycles. The summed E-state index contributed by atoms with van der Waals surface area (Å²) in [6.45, 7) is 2.94. The maximum absolute atomic E-state index is 6.39. The number of allylic oxidation sites excluding steroid dienone is 1. The first-order chi connectivity index (χ1) is 12.1. The number of aryl methyl sites for hydroxylation is 1. The van der Waals surface area contributed by atoms with Crippen LogP contribution in [0.4, 0.5) is 5.69 Å². The van der Waals surface area contributed by atoms with Gasteiger partial charge in [-0.2, -0.15) is 0 Å². The van der Waals surface area contributed by atoms with Crippen molar-refractivity contribution in [2.75, 3.05) is 5.32 Å². The fourth-order valence-corrected chi connectivity index (χ4v) is 5.65. The van der Waals surface area contributed by atoms with Gasteiger partial charge in [0.2, 0.25) is 0 Å². The summed E-state index contributed by atoms with van der Waals surface area (Å²) in [5.41, 5.74) is 9.67. The zero-order valence-electron chi connectivity index (χ0n) is 14.0. The lowest BCUT2D eigenvalue weighted by Crippen LogP contribution is -2.29. The zero-order valence-corrected chi connectivity index (χ0v) is 16.3. The third kappa shape index (κ3) is 3.34. The molecule has 0 bridgehead atoms. The van der Waals surface area contributed by atoms with Gasteiger partial charge in [0.25, 0.3) is 0 Å². The molecule has 0 aliphatic heterocycles. The molecule has 0 fully saturated rings. The summed E-state index contributed by atoms with van der Waals surface area (Å²) in [7, 11) is 0. The molecule has 1 aliphatic rings. The van der Waals surface area contributed by atoms with E-state index in [9.17, 15) is 0 Å². The van der Waals surface area contributed by atoms with Gasteiger partial charge < -0.3 is 11.1 Å². The maximum atomic E-state index is 6.39. The fraction of sp³-hybridized carbons (Fsp3) is 0.316. The van der Waals surface area contributed by atoms with Crippen molar-refractivity contribution in [2.24, 2.45) is 5.73 Å². The Balaban J connectivity index is 1.73. The van der Waals surface area contributed by atoms with Crippen LogP contribution in [0.15, 0.2) is 35.7 Å². The summed E-state index contributed by atoms with van der Waals surface area (Å²) in [5, 5.41) is 6.16. The van der Waals surface area contributed by atoms with E-state index in [-0.39, 0.29) is 6.04 Å². The molecule has 3 heterocycles. The molecule has 0 aromatic carbocycles. The Hall–Kier alpha value is -1.40. The maximum Gasteiger partial charge on any atom is 0.131 e. The van der Waals surface area contributed by atoms with Crippen LogP contribution in [0.5, 0.6) is 0 Å². The van der Waals surface area contributed by atoms with Crippen molar-refractivity contribution in [1.29, 1.82) is 0 Å². The van der Waals surface area contributed by atoms with Crippen LogP contribution in [0.3, 0.4) is 0 Å². The van der Waals surface area contributed by atoms with E-state index >= 15 is 0 Å². The molecule has 3 N–H and O–H groups in total. The lowest BCUT2D eigenvalue weighted by atomic mass is 9.87. The molecule has 0 amide bonds. The third-order valence-electron chi connectivity index (χ3n) is 4.73. The van der Waals surface area contributed by atoms with E-state index in [4.69, 9.17) is 17.3 Å². The third-order valence-corrected chi connectivity index (χ3v) is 7.25. The van der Waals surface area contributed by atoms with Crippen LogP contribution in [0.2, 0.25) is 5.15 Å². The van der Waals surface area contributed by atoms with Gasteiger partial charge in [0, 0.05) is 34.3 Å². The molecule has 0 radical (unpaired) electrons. The van der Waals surface area contributed by atoms with Crippen LogP contribution in [0, 0.1) is 6.92 Å². The number of halogens is 1. The van der Waals surface area contributed by atoms with Gasteiger partial charge in [0.05, 0.1) is 15.9 Å². The standard InChI is InChI=1S/C19H20ClN3S2/c1-11-17-19(25-18(11)13-6-2-3-7-14(13)21)15(9-16(20)23-17)22-10-12-5-4-8-24-12/h2-5,8-9,13-14H,6-7,10,21H2,1H3,(H,22,23)/t13-,14-/m1/s1. The monoisotopic (exact) mass is 389 g/mol. The molecular weight excluding hydrogens is 370 g/mol. The van der Waals surface area contributed by atoms with Crippen LogP contribution in [-0.4, -0.2) is 11.0 Å². The van der Waals surface area contributed by atoms with E-state index in [1.165, 1.54) is 20.0 Å². The SMILES string of the molecule is Cc1c([C@@H]2CC=CC[C@H]2N)sc2c(NCc3cccs3)cc(Cl)nc12. The molecule has 3 aromatic rings. The number of nitrogens with one attached hydrogen (secondary N) is 1. The number of nitrogens with two attached hydrogens (primary N) is 1. The van der Waals surface area contributed by atoms with Crippen molar-refractivity contribution in [1.82, 2.24) is 4.98 Å². The lowest BCUT2D eigenvalue weighted by Gasteiger charge is -2.24. The van der Waals surface area contributed by atoms with Crippen molar-refractivity contribution in [3.05, 3.63) is 56.2 Å². The minimum atomic E-state index is 0.176. The zero-order chi connectivity index (χ0) is 17.4. The minimum absolute atomic E-state index is 0.176. The Morgan fingerprint density at radius 2 is 2.20 bits per heavy atom. The molecule has 130 valence electrons. The molecule has 25 heavy (non-hydrogen) atoms. The normalized spacial score (nSPS) is 20.3. The number of pyridine rings is 1. The van der Waals surface area contributed by atoms with Gasteiger partial charge in [-0.3, -0.25) is 0 Å². The minimum Gasteiger partial charge on any atom is -0.379 e. The van der Waals surface area contributed by atoms with Crippen LogP contribution in [0.25, 0.3) is 10.2 Å². The molecule has 0 saturated carbocycles. The molecule has 3 nitrogen and oxygen atoms in total. The highest BCUT2D eigenvalue weighted by molar-refractivity contribution is 7.20. The van der Waals surface area contributed by atoms with Gasteiger partial charge in [-0.15, -0.1) is 22.7 Å². The number of thiophene rings is 2.